The predicted octanol–water partition coefficient (Wildman–Crippen LogP) is 4.28. The molecule has 0 N–H and O–H groups in total. The van der Waals surface area contributed by atoms with Crippen molar-refractivity contribution in [2.24, 2.45) is 0 Å². The van der Waals surface area contributed by atoms with Crippen LogP contribution in [0.1, 0.15) is 35.9 Å². The van der Waals surface area contributed by atoms with Gasteiger partial charge in [0.2, 0.25) is 11.8 Å². The SMILES string of the molecule is COc1cccc(/C=C/CCS[C@H](C)c2nnc(C)o2)c1. The van der Waals surface area contributed by atoms with Crippen molar-refractivity contribution in [2.75, 3.05) is 12.9 Å². The van der Waals surface area contributed by atoms with Gasteiger partial charge in [0.25, 0.3) is 0 Å². The Bertz CT molecular complexity index is 595. The number of hydrogen-bond donors (Lipinski definition) is 0. The molecule has 0 fully saturated rings. The van der Waals surface area contributed by atoms with Crippen molar-refractivity contribution in [1.82, 2.24) is 10.2 Å². The van der Waals surface area contributed by atoms with Crippen molar-refractivity contribution in [3.63, 3.8) is 0 Å². The Morgan fingerprint density at radius 2 is 2.24 bits per heavy atom. The third-order valence-electron chi connectivity index (χ3n) is 2.95. The molecule has 0 amide bonds. The van der Waals surface area contributed by atoms with Crippen LogP contribution in [0.3, 0.4) is 0 Å². The Kier molecular flexibility index (Phi) is 5.87. The zero-order chi connectivity index (χ0) is 15.1. The molecule has 0 bridgehead atoms. The third-order valence-corrected chi connectivity index (χ3v) is 4.12. The van der Waals surface area contributed by atoms with Crippen LogP contribution < -0.4 is 4.74 Å². The molecule has 0 aliphatic rings. The molecule has 2 rings (SSSR count). The minimum Gasteiger partial charge on any atom is -0.497 e. The first-order valence-corrected chi connectivity index (χ1v) is 7.96. The van der Waals surface area contributed by atoms with Crippen molar-refractivity contribution in [3.8, 4) is 5.75 Å². The predicted molar refractivity (Wildman–Crippen MR) is 86.6 cm³/mol. The summed E-state index contributed by atoms with van der Waals surface area (Å²) < 4.78 is 10.6. The van der Waals surface area contributed by atoms with E-state index in [1.54, 1.807) is 7.11 Å². The van der Waals surface area contributed by atoms with Crippen LogP contribution in [0.15, 0.2) is 34.8 Å². The van der Waals surface area contributed by atoms with Crippen LogP contribution in [0.4, 0.5) is 0 Å². The molecule has 0 unspecified atom stereocenters. The van der Waals surface area contributed by atoms with Crippen LogP contribution >= 0.6 is 11.8 Å². The number of nitrogens with zero attached hydrogens (tertiary/aromatic N) is 2. The maximum absolute atomic E-state index is 5.42. The largest absolute Gasteiger partial charge is 0.497 e. The Labute approximate surface area is 129 Å². The Morgan fingerprint density at radius 3 is 2.95 bits per heavy atom. The van der Waals surface area contributed by atoms with E-state index < -0.39 is 0 Å². The summed E-state index contributed by atoms with van der Waals surface area (Å²) in [6.07, 6.45) is 5.29. The van der Waals surface area contributed by atoms with E-state index in [-0.39, 0.29) is 5.25 Å². The molecule has 5 heteroatoms. The lowest BCUT2D eigenvalue weighted by molar-refractivity contribution is 0.414. The van der Waals surface area contributed by atoms with Crippen LogP contribution in [0.2, 0.25) is 0 Å². The molecule has 0 radical (unpaired) electrons. The van der Waals surface area contributed by atoms with Gasteiger partial charge in [-0.3, -0.25) is 0 Å². The summed E-state index contributed by atoms with van der Waals surface area (Å²) >= 11 is 1.81. The summed E-state index contributed by atoms with van der Waals surface area (Å²) in [4.78, 5) is 0. The number of benzene rings is 1. The fourth-order valence-electron chi connectivity index (χ4n) is 1.82. The number of methoxy groups -OCH3 is 1. The van der Waals surface area contributed by atoms with E-state index in [0.29, 0.717) is 11.8 Å². The first kappa shape index (κ1) is 15.6. The van der Waals surface area contributed by atoms with Gasteiger partial charge in [-0.1, -0.05) is 24.3 Å². The standard InChI is InChI=1S/C16H20N2O2S/c1-12(16-18-17-13(2)20-16)21-10-5-4-7-14-8-6-9-15(11-14)19-3/h4,6-9,11-12H,5,10H2,1-3H3/b7-4+/t12-/m1/s1. The minimum absolute atomic E-state index is 0.233. The first-order chi connectivity index (χ1) is 10.2. The average molecular weight is 304 g/mol. The Balaban J connectivity index is 1.75. The van der Waals surface area contributed by atoms with Gasteiger partial charge in [-0.15, -0.1) is 22.0 Å². The lowest BCUT2D eigenvalue weighted by Gasteiger charge is -2.04. The molecule has 4 nitrogen and oxygen atoms in total. The summed E-state index contributed by atoms with van der Waals surface area (Å²) in [6.45, 7) is 3.90. The molecule has 0 saturated carbocycles. The maximum Gasteiger partial charge on any atom is 0.229 e. The number of rotatable bonds is 7. The normalized spacial score (nSPS) is 12.7. The van der Waals surface area contributed by atoms with Crippen LogP contribution in [-0.4, -0.2) is 23.1 Å². The molecule has 1 heterocycles. The average Bonchev–Trinajstić information content (AvgIpc) is 2.93. The van der Waals surface area contributed by atoms with Gasteiger partial charge in [0.1, 0.15) is 5.75 Å². The van der Waals surface area contributed by atoms with Crippen LogP contribution in [0, 0.1) is 6.92 Å². The minimum atomic E-state index is 0.233. The molecule has 2 aromatic rings. The fourth-order valence-corrected chi connectivity index (χ4v) is 2.69. The van der Waals surface area contributed by atoms with Crippen molar-refractivity contribution in [2.45, 2.75) is 25.5 Å². The quantitative estimate of drug-likeness (QED) is 0.714. The van der Waals surface area contributed by atoms with Crippen molar-refractivity contribution >= 4 is 17.8 Å². The summed E-state index contributed by atoms with van der Waals surface area (Å²) in [5.74, 6) is 3.22. The molecule has 0 spiro atoms. The second kappa shape index (κ2) is 7.88. The molecule has 1 atom stereocenters. The molecule has 21 heavy (non-hydrogen) atoms. The number of aromatic nitrogens is 2. The molecule has 1 aromatic carbocycles. The Morgan fingerprint density at radius 1 is 1.38 bits per heavy atom. The Hall–Kier alpha value is -1.75. The fraction of sp³-hybridized carbons (Fsp3) is 0.375. The van der Waals surface area contributed by atoms with E-state index in [9.17, 15) is 0 Å². The number of hydrogen-bond acceptors (Lipinski definition) is 5. The van der Waals surface area contributed by atoms with Gasteiger partial charge in [0.05, 0.1) is 12.4 Å². The van der Waals surface area contributed by atoms with E-state index in [1.807, 2.05) is 36.9 Å². The van der Waals surface area contributed by atoms with E-state index in [0.717, 1.165) is 23.5 Å². The summed E-state index contributed by atoms with van der Waals surface area (Å²) in [7, 11) is 1.68. The highest BCUT2D eigenvalue weighted by Gasteiger charge is 2.11. The van der Waals surface area contributed by atoms with Gasteiger partial charge in [-0.05, 0) is 36.8 Å². The zero-order valence-corrected chi connectivity index (χ0v) is 13.4. The second-order valence-corrected chi connectivity index (χ2v) is 6.09. The van der Waals surface area contributed by atoms with Crippen LogP contribution in [-0.2, 0) is 0 Å². The second-order valence-electron chi connectivity index (χ2n) is 4.64. The molecule has 1 aromatic heterocycles. The van der Waals surface area contributed by atoms with Gasteiger partial charge < -0.3 is 9.15 Å². The molecule has 0 aliphatic heterocycles. The molecule has 112 valence electrons. The molecule has 0 aliphatic carbocycles. The number of ether oxygens (including phenoxy) is 1. The van der Waals surface area contributed by atoms with E-state index in [4.69, 9.17) is 9.15 Å². The third kappa shape index (κ3) is 4.93. The highest BCUT2D eigenvalue weighted by Crippen LogP contribution is 2.27. The van der Waals surface area contributed by atoms with E-state index in [2.05, 4.69) is 35.3 Å². The van der Waals surface area contributed by atoms with Gasteiger partial charge in [-0.25, -0.2) is 0 Å². The zero-order valence-electron chi connectivity index (χ0n) is 12.6. The van der Waals surface area contributed by atoms with Crippen molar-refractivity contribution in [1.29, 1.82) is 0 Å². The van der Waals surface area contributed by atoms with Gasteiger partial charge >= 0.3 is 0 Å². The number of allylic oxidation sites excluding steroid dienone is 1. The number of thioether (sulfide) groups is 1. The molecule has 0 saturated heterocycles. The highest BCUT2D eigenvalue weighted by molar-refractivity contribution is 7.99. The van der Waals surface area contributed by atoms with E-state index >= 15 is 0 Å². The highest BCUT2D eigenvalue weighted by atomic mass is 32.2. The van der Waals surface area contributed by atoms with Crippen molar-refractivity contribution in [3.05, 3.63) is 47.7 Å². The summed E-state index contributed by atoms with van der Waals surface area (Å²) in [5.41, 5.74) is 1.15. The van der Waals surface area contributed by atoms with E-state index in [1.165, 1.54) is 0 Å². The topological polar surface area (TPSA) is 48.2 Å². The van der Waals surface area contributed by atoms with Crippen molar-refractivity contribution < 1.29 is 9.15 Å². The van der Waals surface area contributed by atoms with Gasteiger partial charge in [0.15, 0.2) is 0 Å². The van der Waals surface area contributed by atoms with Gasteiger partial charge in [0, 0.05) is 6.92 Å². The summed E-state index contributed by atoms with van der Waals surface area (Å²) in [6, 6.07) is 8.03. The number of aryl methyl sites for hydroxylation is 1. The van der Waals surface area contributed by atoms with Crippen LogP contribution in [0.5, 0.6) is 5.75 Å². The summed E-state index contributed by atoms with van der Waals surface area (Å²) in [5, 5.41) is 8.13. The molecular formula is C16H20N2O2S. The van der Waals surface area contributed by atoms with Gasteiger partial charge in [-0.2, -0.15) is 0 Å². The molecular weight excluding hydrogens is 284 g/mol. The maximum atomic E-state index is 5.42. The smallest absolute Gasteiger partial charge is 0.229 e. The monoisotopic (exact) mass is 304 g/mol. The lowest BCUT2D eigenvalue weighted by Crippen LogP contribution is -1.90. The first-order valence-electron chi connectivity index (χ1n) is 6.91. The van der Waals surface area contributed by atoms with Crippen LogP contribution in [0.25, 0.3) is 6.08 Å². The lowest BCUT2D eigenvalue weighted by atomic mass is 10.2.